The van der Waals surface area contributed by atoms with Crippen molar-refractivity contribution in [1.82, 2.24) is 4.90 Å². The van der Waals surface area contributed by atoms with Gasteiger partial charge in [0.2, 0.25) is 5.91 Å². The maximum atomic E-state index is 12.0. The third-order valence-electron chi connectivity index (χ3n) is 3.56. The summed E-state index contributed by atoms with van der Waals surface area (Å²) in [5.74, 6) is -0.997. The van der Waals surface area contributed by atoms with Crippen LogP contribution in [0.3, 0.4) is 0 Å². The fourth-order valence-corrected chi connectivity index (χ4v) is 1.87. The molecule has 0 atom stereocenters. The number of hydrogen-bond donors (Lipinski definition) is 1. The summed E-state index contributed by atoms with van der Waals surface area (Å²) in [6, 6.07) is 0. The van der Waals surface area contributed by atoms with Crippen LogP contribution in [0.2, 0.25) is 0 Å². The SMILES string of the molecule is CCC(CC)(CC(=O)N(C)CCCOC)C(=O)O. The van der Waals surface area contributed by atoms with Crippen LogP contribution in [0.1, 0.15) is 39.5 Å². The molecular formula is C13H25NO4. The van der Waals surface area contributed by atoms with Gasteiger partial charge in [-0.25, -0.2) is 0 Å². The highest BCUT2D eigenvalue weighted by Gasteiger charge is 2.37. The van der Waals surface area contributed by atoms with Gasteiger partial charge in [0.15, 0.2) is 0 Å². The predicted octanol–water partition coefficient (Wildman–Crippen LogP) is 1.76. The van der Waals surface area contributed by atoms with Crippen molar-refractivity contribution in [2.24, 2.45) is 5.41 Å². The Hall–Kier alpha value is -1.10. The number of carboxylic acid groups (broad SMARTS) is 1. The smallest absolute Gasteiger partial charge is 0.310 e. The minimum atomic E-state index is -0.924. The summed E-state index contributed by atoms with van der Waals surface area (Å²) in [5, 5.41) is 9.28. The minimum absolute atomic E-state index is 0.0683. The number of aliphatic carboxylic acids is 1. The second-order valence-electron chi connectivity index (χ2n) is 4.63. The highest BCUT2D eigenvalue weighted by molar-refractivity contribution is 5.84. The number of hydrogen-bond acceptors (Lipinski definition) is 3. The van der Waals surface area contributed by atoms with Gasteiger partial charge in [-0.3, -0.25) is 9.59 Å². The third-order valence-corrected chi connectivity index (χ3v) is 3.56. The molecular weight excluding hydrogens is 234 g/mol. The lowest BCUT2D eigenvalue weighted by atomic mass is 9.79. The van der Waals surface area contributed by atoms with Crippen LogP contribution in [-0.2, 0) is 14.3 Å². The molecule has 0 heterocycles. The van der Waals surface area contributed by atoms with E-state index in [4.69, 9.17) is 4.74 Å². The lowest BCUT2D eigenvalue weighted by molar-refractivity contribution is -0.154. The first kappa shape index (κ1) is 16.9. The van der Waals surface area contributed by atoms with E-state index < -0.39 is 11.4 Å². The second kappa shape index (κ2) is 8.08. The summed E-state index contributed by atoms with van der Waals surface area (Å²) < 4.78 is 4.92. The van der Waals surface area contributed by atoms with Gasteiger partial charge >= 0.3 is 5.97 Å². The van der Waals surface area contributed by atoms with Crippen molar-refractivity contribution in [3.05, 3.63) is 0 Å². The molecule has 0 aliphatic carbocycles. The van der Waals surface area contributed by atoms with Crippen LogP contribution in [0.15, 0.2) is 0 Å². The number of carboxylic acids is 1. The number of carbonyl (C=O) groups excluding carboxylic acids is 1. The molecule has 5 nitrogen and oxygen atoms in total. The summed E-state index contributed by atoms with van der Waals surface area (Å²) in [7, 11) is 3.32. The standard InChI is InChI=1S/C13H25NO4/c1-5-13(6-2,12(16)17)10-11(15)14(3)8-7-9-18-4/h5-10H2,1-4H3,(H,16,17). The van der Waals surface area contributed by atoms with Crippen molar-refractivity contribution < 1.29 is 19.4 Å². The molecule has 0 aromatic heterocycles. The van der Waals surface area contributed by atoms with E-state index >= 15 is 0 Å². The average molecular weight is 259 g/mol. The van der Waals surface area contributed by atoms with E-state index in [1.54, 1.807) is 19.1 Å². The van der Waals surface area contributed by atoms with Crippen LogP contribution in [0.5, 0.6) is 0 Å². The molecule has 0 rings (SSSR count). The Bertz CT molecular complexity index is 274. The molecule has 18 heavy (non-hydrogen) atoms. The van der Waals surface area contributed by atoms with Gasteiger partial charge < -0.3 is 14.7 Å². The molecule has 0 fully saturated rings. The zero-order valence-corrected chi connectivity index (χ0v) is 11.9. The summed E-state index contributed by atoms with van der Waals surface area (Å²) >= 11 is 0. The number of nitrogens with zero attached hydrogens (tertiary/aromatic N) is 1. The molecule has 0 radical (unpaired) electrons. The van der Waals surface area contributed by atoms with Crippen LogP contribution >= 0.6 is 0 Å². The van der Waals surface area contributed by atoms with Crippen LogP contribution in [0.4, 0.5) is 0 Å². The van der Waals surface area contributed by atoms with E-state index in [1.165, 1.54) is 0 Å². The van der Waals surface area contributed by atoms with Crippen molar-refractivity contribution in [3.8, 4) is 0 Å². The number of amides is 1. The van der Waals surface area contributed by atoms with Gasteiger partial charge in [0.25, 0.3) is 0 Å². The maximum absolute atomic E-state index is 12.0. The Labute approximate surface area is 109 Å². The molecule has 0 saturated heterocycles. The average Bonchev–Trinajstić information content (AvgIpc) is 2.35. The summed E-state index contributed by atoms with van der Waals surface area (Å²) in [6.07, 6.45) is 1.77. The van der Waals surface area contributed by atoms with Gasteiger partial charge in [0.1, 0.15) is 0 Å². The molecule has 0 aromatic carbocycles. The van der Waals surface area contributed by atoms with Gasteiger partial charge in [-0.15, -0.1) is 0 Å². The highest BCUT2D eigenvalue weighted by Crippen LogP contribution is 2.31. The van der Waals surface area contributed by atoms with E-state index in [-0.39, 0.29) is 12.3 Å². The molecule has 0 spiro atoms. The molecule has 0 bridgehead atoms. The first-order chi connectivity index (χ1) is 8.43. The molecule has 0 aliphatic rings. The largest absolute Gasteiger partial charge is 0.481 e. The van der Waals surface area contributed by atoms with E-state index in [0.717, 1.165) is 6.42 Å². The van der Waals surface area contributed by atoms with Crippen LogP contribution in [0.25, 0.3) is 0 Å². The van der Waals surface area contributed by atoms with Gasteiger partial charge in [-0.1, -0.05) is 13.8 Å². The second-order valence-corrected chi connectivity index (χ2v) is 4.63. The Morgan fingerprint density at radius 3 is 2.22 bits per heavy atom. The van der Waals surface area contributed by atoms with Crippen molar-refractivity contribution in [2.45, 2.75) is 39.5 Å². The monoisotopic (exact) mass is 259 g/mol. The molecule has 5 heteroatoms. The summed E-state index contributed by atoms with van der Waals surface area (Å²) in [5.41, 5.74) is -0.924. The fraction of sp³-hybridized carbons (Fsp3) is 0.846. The Kier molecular flexibility index (Phi) is 7.59. The molecule has 0 saturated carbocycles. The number of carbonyl (C=O) groups is 2. The van der Waals surface area contributed by atoms with Gasteiger partial charge in [-0.05, 0) is 19.3 Å². The first-order valence-corrected chi connectivity index (χ1v) is 6.39. The molecule has 0 aromatic rings. The van der Waals surface area contributed by atoms with Gasteiger partial charge in [0.05, 0.1) is 5.41 Å². The van der Waals surface area contributed by atoms with E-state index in [9.17, 15) is 14.7 Å². The number of ether oxygens (including phenoxy) is 1. The summed E-state index contributed by atoms with van der Waals surface area (Å²) in [6.45, 7) is 4.82. The molecule has 1 amide bonds. The minimum Gasteiger partial charge on any atom is -0.481 e. The Morgan fingerprint density at radius 2 is 1.83 bits per heavy atom. The molecule has 1 N–H and O–H groups in total. The highest BCUT2D eigenvalue weighted by atomic mass is 16.5. The van der Waals surface area contributed by atoms with Crippen LogP contribution in [0, 0.1) is 5.41 Å². The Balaban J connectivity index is 4.46. The van der Waals surface area contributed by atoms with E-state index in [1.807, 2.05) is 13.8 Å². The van der Waals surface area contributed by atoms with Crippen LogP contribution in [-0.4, -0.2) is 49.2 Å². The lowest BCUT2D eigenvalue weighted by Crippen LogP contribution is -2.38. The zero-order valence-electron chi connectivity index (χ0n) is 11.9. The molecule has 0 aliphatic heterocycles. The van der Waals surface area contributed by atoms with Crippen molar-refractivity contribution >= 4 is 11.9 Å². The van der Waals surface area contributed by atoms with Crippen LogP contribution < -0.4 is 0 Å². The van der Waals surface area contributed by atoms with E-state index in [2.05, 4.69) is 0 Å². The van der Waals surface area contributed by atoms with Gasteiger partial charge in [-0.2, -0.15) is 0 Å². The van der Waals surface area contributed by atoms with E-state index in [0.29, 0.717) is 26.0 Å². The Morgan fingerprint density at radius 1 is 1.28 bits per heavy atom. The predicted molar refractivity (Wildman–Crippen MR) is 69.4 cm³/mol. The normalized spacial score (nSPS) is 11.3. The number of rotatable bonds is 9. The fourth-order valence-electron chi connectivity index (χ4n) is 1.87. The van der Waals surface area contributed by atoms with Crippen molar-refractivity contribution in [1.29, 1.82) is 0 Å². The molecule has 0 unspecified atom stereocenters. The maximum Gasteiger partial charge on any atom is 0.310 e. The number of methoxy groups -OCH3 is 1. The zero-order chi connectivity index (χ0) is 14.2. The molecule has 106 valence electrons. The van der Waals surface area contributed by atoms with Gasteiger partial charge in [0, 0.05) is 33.7 Å². The summed E-state index contributed by atoms with van der Waals surface area (Å²) in [4.78, 5) is 24.9. The van der Waals surface area contributed by atoms with Crippen molar-refractivity contribution in [3.63, 3.8) is 0 Å². The topological polar surface area (TPSA) is 66.8 Å². The lowest BCUT2D eigenvalue weighted by Gasteiger charge is -2.28. The quantitative estimate of drug-likeness (QED) is 0.641. The van der Waals surface area contributed by atoms with Crippen molar-refractivity contribution in [2.75, 3.05) is 27.3 Å². The first-order valence-electron chi connectivity index (χ1n) is 6.39. The third kappa shape index (κ3) is 4.64.